The fourth-order valence-corrected chi connectivity index (χ4v) is 5.32. The van der Waals surface area contributed by atoms with Gasteiger partial charge in [-0.1, -0.05) is 0 Å². The van der Waals surface area contributed by atoms with Crippen LogP contribution in [-0.2, 0) is 14.8 Å². The van der Waals surface area contributed by atoms with Gasteiger partial charge in [0.25, 0.3) is 0 Å². The van der Waals surface area contributed by atoms with E-state index in [2.05, 4.69) is 20.0 Å². The highest BCUT2D eigenvalue weighted by molar-refractivity contribution is 7.89. The first-order valence-electron chi connectivity index (χ1n) is 9.62. The monoisotopic (exact) mass is 421 g/mol. The van der Waals surface area contributed by atoms with Gasteiger partial charge in [-0.3, -0.25) is 0 Å². The summed E-state index contributed by atoms with van der Waals surface area (Å²) in [6.45, 7) is 6.32. The Labute approximate surface area is 169 Å². The van der Waals surface area contributed by atoms with E-state index in [1.165, 1.54) is 22.5 Å². The summed E-state index contributed by atoms with van der Waals surface area (Å²) in [4.78, 5) is 4.41. The number of ether oxygens (including phenoxy) is 1. The largest absolute Gasteiger partial charge is 0.378 e. The maximum Gasteiger partial charge on any atom is 0.243 e. The Morgan fingerprint density at radius 1 is 1.00 bits per heavy atom. The zero-order valence-corrected chi connectivity index (χ0v) is 17.1. The van der Waals surface area contributed by atoms with Gasteiger partial charge in [0.15, 0.2) is 5.82 Å². The number of aromatic nitrogens is 2. The molecule has 0 saturated carbocycles. The summed E-state index contributed by atoms with van der Waals surface area (Å²) in [5.74, 6) is 0.371. The van der Waals surface area contributed by atoms with E-state index in [0.717, 1.165) is 24.6 Å². The van der Waals surface area contributed by atoms with E-state index in [-0.39, 0.29) is 4.90 Å². The van der Waals surface area contributed by atoms with Crippen molar-refractivity contribution in [1.82, 2.24) is 14.5 Å². The van der Waals surface area contributed by atoms with E-state index in [1.807, 2.05) is 6.07 Å². The third-order valence-corrected chi connectivity index (χ3v) is 7.38. The second kappa shape index (κ2) is 8.21. The molecular weight excluding hydrogens is 397 g/mol. The highest BCUT2D eigenvalue weighted by atomic mass is 32.2. The Hall–Kier alpha value is -2.30. The predicted molar refractivity (Wildman–Crippen MR) is 107 cm³/mol. The van der Waals surface area contributed by atoms with Crippen LogP contribution in [0, 0.1) is 12.7 Å². The average Bonchev–Trinajstić information content (AvgIpc) is 2.74. The second-order valence-electron chi connectivity index (χ2n) is 7.17. The summed E-state index contributed by atoms with van der Waals surface area (Å²) < 4.78 is 46.1. The minimum absolute atomic E-state index is 0.160. The van der Waals surface area contributed by atoms with Gasteiger partial charge in [0, 0.05) is 45.3 Å². The molecule has 4 rings (SSSR count). The third kappa shape index (κ3) is 4.19. The normalized spacial score (nSPS) is 18.8. The molecule has 2 fully saturated rings. The number of nitrogens with zero attached hydrogens (tertiary/aromatic N) is 5. The molecule has 156 valence electrons. The zero-order chi connectivity index (χ0) is 20.4. The van der Waals surface area contributed by atoms with E-state index >= 15 is 0 Å². The van der Waals surface area contributed by atoms with Crippen molar-refractivity contribution in [2.75, 3.05) is 62.3 Å². The van der Waals surface area contributed by atoms with Gasteiger partial charge in [-0.25, -0.2) is 12.8 Å². The lowest BCUT2D eigenvalue weighted by Crippen LogP contribution is -2.49. The lowest BCUT2D eigenvalue weighted by atomic mass is 10.2. The number of aryl methyl sites for hydroxylation is 1. The molecule has 2 aliphatic heterocycles. The molecule has 2 aliphatic rings. The number of anilines is 2. The molecular formula is C19H24FN5O3S. The lowest BCUT2D eigenvalue weighted by molar-refractivity contribution is 0.122. The first-order chi connectivity index (χ1) is 13.9. The second-order valence-corrected chi connectivity index (χ2v) is 9.08. The molecule has 0 amide bonds. The van der Waals surface area contributed by atoms with E-state index in [4.69, 9.17) is 4.74 Å². The summed E-state index contributed by atoms with van der Waals surface area (Å²) in [5.41, 5.74) is 1.34. The van der Waals surface area contributed by atoms with E-state index in [1.54, 1.807) is 13.1 Å². The van der Waals surface area contributed by atoms with Crippen molar-refractivity contribution >= 4 is 21.5 Å². The SMILES string of the molecule is Cc1cc(F)ccc1S(=O)(=O)N1CCN(c2cnnc(N3CCOCC3)c2)CC1. The molecule has 1 aromatic carbocycles. The molecule has 8 nitrogen and oxygen atoms in total. The van der Waals surface area contributed by atoms with Crippen molar-refractivity contribution in [3.63, 3.8) is 0 Å². The summed E-state index contributed by atoms with van der Waals surface area (Å²) in [5, 5.41) is 8.35. The first-order valence-corrected chi connectivity index (χ1v) is 11.1. The highest BCUT2D eigenvalue weighted by Gasteiger charge is 2.30. The standard InChI is InChI=1S/C19H24FN5O3S/c1-15-12-16(20)2-3-18(15)29(26,27)25-6-4-23(5-7-25)17-13-19(22-21-14-17)24-8-10-28-11-9-24/h2-3,12-14H,4-11H2,1H3. The van der Waals surface area contributed by atoms with Gasteiger partial charge in [-0.05, 0) is 30.7 Å². The van der Waals surface area contributed by atoms with Gasteiger partial charge in [-0.2, -0.15) is 9.40 Å². The number of morpholine rings is 1. The molecule has 0 aliphatic carbocycles. The molecule has 0 N–H and O–H groups in total. The zero-order valence-electron chi connectivity index (χ0n) is 16.3. The number of benzene rings is 1. The van der Waals surface area contributed by atoms with Crippen LogP contribution in [0.15, 0.2) is 35.4 Å². The van der Waals surface area contributed by atoms with Crippen LogP contribution in [0.2, 0.25) is 0 Å². The number of hydrogen-bond acceptors (Lipinski definition) is 7. The molecule has 0 spiro atoms. The van der Waals surface area contributed by atoms with Crippen LogP contribution in [0.1, 0.15) is 5.56 Å². The van der Waals surface area contributed by atoms with Crippen molar-refractivity contribution in [1.29, 1.82) is 0 Å². The number of hydrogen-bond donors (Lipinski definition) is 0. The van der Waals surface area contributed by atoms with Crippen molar-refractivity contribution < 1.29 is 17.5 Å². The number of halogens is 1. The van der Waals surface area contributed by atoms with Gasteiger partial charge >= 0.3 is 0 Å². The predicted octanol–water partition coefficient (Wildman–Crippen LogP) is 1.27. The van der Waals surface area contributed by atoms with Gasteiger partial charge < -0.3 is 14.5 Å². The lowest BCUT2D eigenvalue weighted by Gasteiger charge is -2.36. The van der Waals surface area contributed by atoms with E-state index in [0.29, 0.717) is 45.0 Å². The van der Waals surface area contributed by atoms with E-state index in [9.17, 15) is 12.8 Å². The van der Waals surface area contributed by atoms with Crippen LogP contribution in [0.3, 0.4) is 0 Å². The summed E-state index contributed by atoms with van der Waals surface area (Å²) >= 11 is 0. The average molecular weight is 421 g/mol. The van der Waals surface area contributed by atoms with Crippen LogP contribution in [0.4, 0.5) is 15.9 Å². The molecule has 2 saturated heterocycles. The topological polar surface area (TPSA) is 78.9 Å². The quantitative estimate of drug-likeness (QED) is 0.736. The summed E-state index contributed by atoms with van der Waals surface area (Å²) in [6.07, 6.45) is 1.71. The van der Waals surface area contributed by atoms with Gasteiger partial charge in [0.2, 0.25) is 10.0 Å². The van der Waals surface area contributed by atoms with Gasteiger partial charge in [0.1, 0.15) is 5.82 Å². The number of sulfonamides is 1. The molecule has 10 heteroatoms. The Balaban J connectivity index is 1.45. The van der Waals surface area contributed by atoms with Crippen LogP contribution in [0.5, 0.6) is 0 Å². The number of rotatable bonds is 4. The molecule has 3 heterocycles. The molecule has 0 unspecified atom stereocenters. The molecule has 0 radical (unpaired) electrons. The Morgan fingerprint density at radius 3 is 2.41 bits per heavy atom. The number of piperazine rings is 1. The van der Waals surface area contributed by atoms with Gasteiger partial charge in [-0.15, -0.1) is 5.10 Å². The minimum Gasteiger partial charge on any atom is -0.378 e. The first kappa shape index (κ1) is 20.0. The Morgan fingerprint density at radius 2 is 1.72 bits per heavy atom. The molecule has 2 aromatic rings. The van der Waals surface area contributed by atoms with Crippen molar-refractivity contribution in [3.05, 3.63) is 41.8 Å². The van der Waals surface area contributed by atoms with Crippen molar-refractivity contribution in [2.45, 2.75) is 11.8 Å². The van der Waals surface area contributed by atoms with Crippen LogP contribution in [0.25, 0.3) is 0 Å². The minimum atomic E-state index is -3.65. The molecule has 29 heavy (non-hydrogen) atoms. The van der Waals surface area contributed by atoms with Crippen molar-refractivity contribution in [2.24, 2.45) is 0 Å². The van der Waals surface area contributed by atoms with Crippen LogP contribution < -0.4 is 9.80 Å². The van der Waals surface area contributed by atoms with E-state index < -0.39 is 15.8 Å². The smallest absolute Gasteiger partial charge is 0.243 e. The summed E-state index contributed by atoms with van der Waals surface area (Å²) in [7, 11) is -3.65. The van der Waals surface area contributed by atoms with Crippen LogP contribution >= 0.6 is 0 Å². The summed E-state index contributed by atoms with van der Waals surface area (Å²) in [6, 6.07) is 5.77. The third-order valence-electron chi connectivity index (χ3n) is 5.32. The maximum absolute atomic E-state index is 13.3. The molecule has 0 atom stereocenters. The molecule has 0 bridgehead atoms. The molecule has 1 aromatic heterocycles. The fraction of sp³-hybridized carbons (Fsp3) is 0.474. The Bertz CT molecular complexity index is 974. The highest BCUT2D eigenvalue weighted by Crippen LogP contribution is 2.25. The fourth-order valence-electron chi connectivity index (χ4n) is 3.69. The maximum atomic E-state index is 13.3. The van der Waals surface area contributed by atoms with Crippen molar-refractivity contribution in [3.8, 4) is 0 Å². The Kier molecular flexibility index (Phi) is 5.66. The van der Waals surface area contributed by atoms with Gasteiger partial charge in [0.05, 0.1) is 30.0 Å². The van der Waals surface area contributed by atoms with Crippen LogP contribution in [-0.4, -0.2) is 75.4 Å².